The van der Waals surface area contributed by atoms with Gasteiger partial charge >= 0.3 is 5.69 Å². The van der Waals surface area contributed by atoms with Crippen molar-refractivity contribution < 1.29 is 19.2 Å². The molecule has 1 fully saturated rings. The number of nitro groups is 1. The minimum atomic E-state index is -0.700. The minimum absolute atomic E-state index is 0.0510. The van der Waals surface area contributed by atoms with Gasteiger partial charge in [0.05, 0.1) is 4.92 Å². The topological polar surface area (TPSA) is 136 Å². The highest BCUT2D eigenvalue weighted by molar-refractivity contribution is 5.84. The van der Waals surface area contributed by atoms with Crippen LogP contribution in [0.4, 0.5) is 11.5 Å². The maximum absolute atomic E-state index is 12.8. The van der Waals surface area contributed by atoms with Gasteiger partial charge in [-0.15, -0.1) is 0 Å². The average Bonchev–Trinajstić information content (AvgIpc) is 2.78. The highest BCUT2D eigenvalue weighted by atomic mass is 16.6. The number of carbonyl (C=O) groups is 1. The molecule has 1 saturated heterocycles. The van der Waals surface area contributed by atoms with Gasteiger partial charge in [-0.05, 0) is 18.2 Å². The van der Waals surface area contributed by atoms with Gasteiger partial charge in [-0.2, -0.15) is 4.99 Å². The van der Waals surface area contributed by atoms with Gasteiger partial charge in [0, 0.05) is 38.4 Å². The van der Waals surface area contributed by atoms with Crippen LogP contribution in [0, 0.1) is 10.1 Å². The maximum atomic E-state index is 12.8. The lowest BCUT2D eigenvalue weighted by atomic mass is 10.2. The summed E-state index contributed by atoms with van der Waals surface area (Å²) in [6.07, 6.45) is 0.716. The smallest absolute Gasteiger partial charge is 0.313 e. The molecule has 0 aliphatic carbocycles. The minimum Gasteiger partial charge on any atom is -0.485 e. The van der Waals surface area contributed by atoms with Crippen LogP contribution in [0.25, 0.3) is 0 Å². The first-order valence-corrected chi connectivity index (χ1v) is 9.38. The van der Waals surface area contributed by atoms with E-state index >= 15 is 0 Å². The van der Waals surface area contributed by atoms with E-state index in [-0.39, 0.29) is 30.0 Å². The first kappa shape index (κ1) is 19.4. The van der Waals surface area contributed by atoms with Gasteiger partial charge in [-0.3, -0.25) is 14.9 Å². The molecular formula is C19H20N6O5. The Morgan fingerprint density at radius 2 is 1.83 bits per heavy atom. The lowest BCUT2D eigenvalue weighted by Gasteiger charge is -2.37. The highest BCUT2D eigenvalue weighted by Crippen LogP contribution is 2.31. The fraction of sp³-hybridized carbons (Fsp3) is 0.316. The molecule has 1 amide bonds. The molecule has 0 unspecified atom stereocenters. The van der Waals surface area contributed by atoms with Crippen molar-refractivity contribution in [2.24, 2.45) is 10.7 Å². The fourth-order valence-corrected chi connectivity index (χ4v) is 3.30. The number of aromatic nitrogens is 1. The lowest BCUT2D eigenvalue weighted by Crippen LogP contribution is -2.56. The van der Waals surface area contributed by atoms with Crippen molar-refractivity contribution in [2.75, 3.05) is 32.8 Å². The molecule has 0 spiro atoms. The van der Waals surface area contributed by atoms with Gasteiger partial charge in [0.2, 0.25) is 11.9 Å². The molecule has 1 atom stereocenters. The second-order valence-electron chi connectivity index (χ2n) is 6.75. The monoisotopic (exact) mass is 412 g/mol. The van der Waals surface area contributed by atoms with Gasteiger partial charge in [0.15, 0.2) is 17.5 Å². The summed E-state index contributed by atoms with van der Waals surface area (Å²) in [7, 11) is 0. The standard InChI is InChI=1S/C19H20N6O5/c20-19(22-17-13(25(27)28)4-3-7-21-17)24-10-8-23(9-11-24)18(26)16-12-29-14-5-1-2-6-15(14)30-16/h1-7,16H,8-12H2,(H2,20,21,22)/t16-/m0/s1. The number of pyridine rings is 1. The second-order valence-corrected chi connectivity index (χ2v) is 6.75. The van der Waals surface area contributed by atoms with Crippen LogP contribution in [-0.4, -0.2) is 70.5 Å². The molecule has 1 aromatic heterocycles. The summed E-state index contributed by atoms with van der Waals surface area (Å²) in [4.78, 5) is 34.8. The number of ether oxygens (including phenoxy) is 2. The molecular weight excluding hydrogens is 392 g/mol. The zero-order chi connectivity index (χ0) is 21.1. The molecule has 4 rings (SSSR count). The van der Waals surface area contributed by atoms with Crippen molar-refractivity contribution in [1.29, 1.82) is 0 Å². The van der Waals surface area contributed by atoms with E-state index in [9.17, 15) is 14.9 Å². The first-order chi connectivity index (χ1) is 14.5. The van der Waals surface area contributed by atoms with E-state index in [1.165, 1.54) is 18.3 Å². The molecule has 11 nitrogen and oxygen atoms in total. The van der Waals surface area contributed by atoms with Crippen LogP contribution in [0.5, 0.6) is 11.5 Å². The number of benzene rings is 1. The third kappa shape index (κ3) is 3.95. The predicted molar refractivity (Wildman–Crippen MR) is 107 cm³/mol. The molecule has 3 heterocycles. The molecule has 2 aliphatic rings. The van der Waals surface area contributed by atoms with Crippen LogP contribution in [0.3, 0.4) is 0 Å². The summed E-state index contributed by atoms with van der Waals surface area (Å²) >= 11 is 0. The van der Waals surface area contributed by atoms with Crippen LogP contribution in [0.2, 0.25) is 0 Å². The van der Waals surface area contributed by atoms with Crippen molar-refractivity contribution in [1.82, 2.24) is 14.8 Å². The molecule has 156 valence electrons. The lowest BCUT2D eigenvalue weighted by molar-refractivity contribution is -0.384. The number of nitrogens with two attached hydrogens (primary N) is 1. The number of rotatable bonds is 3. The predicted octanol–water partition coefficient (Wildman–Crippen LogP) is 0.920. The number of carbonyl (C=O) groups excluding carboxylic acids is 1. The van der Waals surface area contributed by atoms with E-state index in [2.05, 4.69) is 9.98 Å². The zero-order valence-corrected chi connectivity index (χ0v) is 16.0. The Morgan fingerprint density at radius 1 is 1.13 bits per heavy atom. The molecule has 11 heteroatoms. The number of para-hydroxylation sites is 2. The van der Waals surface area contributed by atoms with Crippen molar-refractivity contribution in [3.8, 4) is 11.5 Å². The number of hydrogen-bond acceptors (Lipinski definition) is 7. The maximum Gasteiger partial charge on any atom is 0.313 e. The molecule has 2 N–H and O–H groups in total. The Balaban J connectivity index is 1.37. The summed E-state index contributed by atoms with van der Waals surface area (Å²) in [5.41, 5.74) is 5.81. The number of nitrogens with zero attached hydrogens (tertiary/aromatic N) is 5. The largest absolute Gasteiger partial charge is 0.485 e. The number of hydrogen-bond donors (Lipinski definition) is 1. The zero-order valence-electron chi connectivity index (χ0n) is 16.0. The van der Waals surface area contributed by atoms with Gasteiger partial charge in [0.25, 0.3) is 5.91 Å². The normalized spacial score (nSPS) is 18.8. The third-order valence-corrected chi connectivity index (χ3v) is 4.88. The Hall–Kier alpha value is -3.89. The van der Waals surface area contributed by atoms with Crippen LogP contribution < -0.4 is 15.2 Å². The summed E-state index contributed by atoms with van der Waals surface area (Å²) < 4.78 is 11.4. The van der Waals surface area contributed by atoms with Crippen LogP contribution >= 0.6 is 0 Å². The molecule has 2 aliphatic heterocycles. The van der Waals surface area contributed by atoms with Crippen molar-refractivity contribution >= 4 is 23.4 Å². The number of amides is 1. The third-order valence-electron chi connectivity index (χ3n) is 4.88. The van der Waals surface area contributed by atoms with Crippen LogP contribution in [0.15, 0.2) is 47.6 Å². The second kappa shape index (κ2) is 8.23. The SMILES string of the molecule is NC(=Nc1ncccc1[N+](=O)[O-])N1CCN(C(=O)[C@@H]2COc3ccccc3O2)CC1. The van der Waals surface area contributed by atoms with Gasteiger partial charge < -0.3 is 25.0 Å². The van der Waals surface area contributed by atoms with E-state index in [0.717, 1.165) is 0 Å². The van der Waals surface area contributed by atoms with E-state index in [1.54, 1.807) is 21.9 Å². The van der Waals surface area contributed by atoms with Crippen molar-refractivity contribution in [3.63, 3.8) is 0 Å². The van der Waals surface area contributed by atoms with E-state index in [0.29, 0.717) is 37.7 Å². The summed E-state index contributed by atoms with van der Waals surface area (Å²) in [6.45, 7) is 1.86. The summed E-state index contributed by atoms with van der Waals surface area (Å²) in [5, 5.41) is 11.1. The number of aliphatic imine (C=N–C) groups is 1. The van der Waals surface area contributed by atoms with Gasteiger partial charge in [-0.1, -0.05) is 12.1 Å². The number of piperazine rings is 1. The van der Waals surface area contributed by atoms with Crippen LogP contribution in [0.1, 0.15) is 0 Å². The van der Waals surface area contributed by atoms with Gasteiger partial charge in [0.1, 0.15) is 6.61 Å². The van der Waals surface area contributed by atoms with Gasteiger partial charge in [-0.25, -0.2) is 4.98 Å². The summed E-state index contributed by atoms with van der Waals surface area (Å²) in [5.74, 6) is 1.09. The summed E-state index contributed by atoms with van der Waals surface area (Å²) in [6, 6.07) is 10.0. The highest BCUT2D eigenvalue weighted by Gasteiger charge is 2.33. The molecule has 30 heavy (non-hydrogen) atoms. The van der Waals surface area contributed by atoms with E-state index in [4.69, 9.17) is 15.2 Å². The molecule has 2 aromatic rings. The molecule has 0 saturated carbocycles. The Labute approximate surface area is 171 Å². The Bertz CT molecular complexity index is 989. The van der Waals surface area contributed by atoms with Crippen molar-refractivity contribution in [3.05, 3.63) is 52.7 Å². The fourth-order valence-electron chi connectivity index (χ4n) is 3.30. The van der Waals surface area contributed by atoms with Crippen LogP contribution in [-0.2, 0) is 4.79 Å². The average molecular weight is 412 g/mol. The number of fused-ring (bicyclic) bond motifs is 1. The Morgan fingerprint density at radius 3 is 2.57 bits per heavy atom. The number of guanidine groups is 1. The molecule has 0 bridgehead atoms. The molecule has 0 radical (unpaired) electrons. The quantitative estimate of drug-likeness (QED) is 0.340. The van der Waals surface area contributed by atoms with E-state index < -0.39 is 11.0 Å². The van der Waals surface area contributed by atoms with E-state index in [1.807, 2.05) is 12.1 Å². The first-order valence-electron chi connectivity index (χ1n) is 9.38. The van der Waals surface area contributed by atoms with Crippen molar-refractivity contribution in [2.45, 2.75) is 6.10 Å². The Kier molecular flexibility index (Phi) is 5.33. The molecule has 1 aromatic carbocycles.